The molecule has 3 aromatic rings. The van der Waals surface area contributed by atoms with Gasteiger partial charge >= 0.3 is 0 Å². The van der Waals surface area contributed by atoms with Crippen molar-refractivity contribution in [2.24, 2.45) is 13.0 Å². The molecule has 162 valence electrons. The van der Waals surface area contributed by atoms with Crippen LogP contribution < -0.4 is 4.90 Å². The van der Waals surface area contributed by atoms with Gasteiger partial charge in [-0.2, -0.15) is 0 Å². The third-order valence-electron chi connectivity index (χ3n) is 6.89. The van der Waals surface area contributed by atoms with E-state index in [1.807, 2.05) is 12.1 Å². The van der Waals surface area contributed by atoms with Gasteiger partial charge in [0.05, 0.1) is 17.6 Å². The van der Waals surface area contributed by atoms with E-state index in [1.54, 1.807) is 0 Å². The fourth-order valence-corrected chi connectivity index (χ4v) is 4.96. The molecule has 0 saturated carbocycles. The number of aromatic nitrogens is 2. The molecule has 5 rings (SSSR count). The highest BCUT2D eigenvalue weighted by molar-refractivity contribution is 5.79. The van der Waals surface area contributed by atoms with Crippen molar-refractivity contribution in [3.05, 3.63) is 60.4 Å². The number of benzene rings is 2. The molecule has 6 heteroatoms. The molecule has 0 unspecified atom stereocenters. The monoisotopic (exact) mass is 417 g/mol. The van der Waals surface area contributed by atoms with E-state index in [4.69, 9.17) is 4.98 Å². The number of fused-ring (bicyclic) bond motifs is 1. The Bertz CT molecular complexity index is 1030. The van der Waals surface area contributed by atoms with Gasteiger partial charge in [-0.05, 0) is 50.2 Å². The summed E-state index contributed by atoms with van der Waals surface area (Å²) in [5.41, 5.74) is 3.49. The summed E-state index contributed by atoms with van der Waals surface area (Å²) in [5, 5.41) is 0. The normalized spacial score (nSPS) is 18.6. The number of carbonyl (C=O) groups is 1. The van der Waals surface area contributed by atoms with Crippen molar-refractivity contribution in [3.63, 3.8) is 0 Å². The lowest BCUT2D eigenvalue weighted by molar-refractivity contribution is -0.137. The number of para-hydroxylation sites is 3. The molecule has 1 amide bonds. The summed E-state index contributed by atoms with van der Waals surface area (Å²) in [6.07, 6.45) is 1.89. The summed E-state index contributed by atoms with van der Waals surface area (Å²) in [7, 11) is 2.09. The predicted octanol–water partition coefficient (Wildman–Crippen LogP) is 3.13. The Morgan fingerprint density at radius 2 is 1.58 bits per heavy atom. The molecular formula is C25H31N5O. The van der Waals surface area contributed by atoms with E-state index in [0.29, 0.717) is 5.91 Å². The van der Waals surface area contributed by atoms with Crippen LogP contribution >= 0.6 is 0 Å². The van der Waals surface area contributed by atoms with Crippen LogP contribution in [0.3, 0.4) is 0 Å². The standard InChI is InChI=1S/C25H31N5O/c1-27-23-10-6-5-9-22(23)26-24(27)19-28-13-11-20(12-14-28)25(31)30-17-15-29(16-18-30)21-7-3-2-4-8-21/h2-10,20H,11-19H2,1H3. The third kappa shape index (κ3) is 4.17. The maximum absolute atomic E-state index is 13.1. The van der Waals surface area contributed by atoms with Gasteiger partial charge in [0, 0.05) is 44.8 Å². The molecule has 6 nitrogen and oxygen atoms in total. The lowest BCUT2D eigenvalue weighted by atomic mass is 9.95. The molecule has 3 heterocycles. The summed E-state index contributed by atoms with van der Waals surface area (Å²) in [5.74, 6) is 1.62. The summed E-state index contributed by atoms with van der Waals surface area (Å²) >= 11 is 0. The molecule has 0 radical (unpaired) electrons. The number of carbonyl (C=O) groups excluding carboxylic acids is 1. The van der Waals surface area contributed by atoms with Crippen molar-refractivity contribution < 1.29 is 4.79 Å². The zero-order valence-electron chi connectivity index (χ0n) is 18.3. The molecule has 31 heavy (non-hydrogen) atoms. The van der Waals surface area contributed by atoms with Crippen LogP contribution in [0.15, 0.2) is 54.6 Å². The van der Waals surface area contributed by atoms with E-state index in [2.05, 4.69) is 68.8 Å². The predicted molar refractivity (Wildman–Crippen MR) is 124 cm³/mol. The molecule has 2 aliphatic rings. The van der Waals surface area contributed by atoms with Crippen LogP contribution in [0.25, 0.3) is 11.0 Å². The van der Waals surface area contributed by atoms with E-state index in [1.165, 1.54) is 11.2 Å². The Labute approximate surface area is 184 Å². The van der Waals surface area contributed by atoms with Gasteiger partial charge in [0.1, 0.15) is 5.82 Å². The van der Waals surface area contributed by atoms with Crippen molar-refractivity contribution in [1.82, 2.24) is 19.4 Å². The number of hydrogen-bond acceptors (Lipinski definition) is 4. The summed E-state index contributed by atoms with van der Waals surface area (Å²) in [6.45, 7) is 6.26. The maximum atomic E-state index is 13.1. The molecular weight excluding hydrogens is 386 g/mol. The first kappa shape index (κ1) is 20.1. The summed E-state index contributed by atoms with van der Waals surface area (Å²) in [4.78, 5) is 24.8. The molecule has 2 saturated heterocycles. The molecule has 0 aliphatic carbocycles. The van der Waals surface area contributed by atoms with Crippen molar-refractivity contribution in [1.29, 1.82) is 0 Å². The Morgan fingerprint density at radius 3 is 2.29 bits per heavy atom. The second-order valence-corrected chi connectivity index (χ2v) is 8.77. The van der Waals surface area contributed by atoms with Gasteiger partial charge in [-0.3, -0.25) is 9.69 Å². The van der Waals surface area contributed by atoms with Gasteiger partial charge < -0.3 is 14.4 Å². The topological polar surface area (TPSA) is 44.6 Å². The van der Waals surface area contributed by atoms with Gasteiger partial charge in [0.15, 0.2) is 0 Å². The van der Waals surface area contributed by atoms with Gasteiger partial charge in [-0.1, -0.05) is 30.3 Å². The van der Waals surface area contributed by atoms with Crippen molar-refractivity contribution >= 4 is 22.6 Å². The van der Waals surface area contributed by atoms with Crippen molar-refractivity contribution in [2.45, 2.75) is 19.4 Å². The SMILES string of the molecule is Cn1c(CN2CCC(C(=O)N3CCN(c4ccccc4)CC3)CC2)nc2ccccc21. The van der Waals surface area contributed by atoms with Crippen LogP contribution in [0.5, 0.6) is 0 Å². The summed E-state index contributed by atoms with van der Waals surface area (Å²) in [6, 6.07) is 18.8. The molecule has 0 spiro atoms. The van der Waals surface area contributed by atoms with E-state index < -0.39 is 0 Å². The Hall–Kier alpha value is -2.86. The third-order valence-corrected chi connectivity index (χ3v) is 6.89. The minimum Gasteiger partial charge on any atom is -0.368 e. The number of amides is 1. The maximum Gasteiger partial charge on any atom is 0.225 e. The molecule has 0 atom stereocenters. The lowest BCUT2D eigenvalue weighted by Gasteiger charge is -2.39. The Morgan fingerprint density at radius 1 is 0.903 bits per heavy atom. The highest BCUT2D eigenvalue weighted by atomic mass is 16.2. The first-order valence-corrected chi connectivity index (χ1v) is 11.4. The van der Waals surface area contributed by atoms with Crippen molar-refractivity contribution in [3.8, 4) is 0 Å². The quantitative estimate of drug-likeness (QED) is 0.654. The first-order chi connectivity index (χ1) is 15.2. The largest absolute Gasteiger partial charge is 0.368 e. The molecule has 2 fully saturated rings. The average Bonchev–Trinajstić information content (AvgIpc) is 3.15. The van der Waals surface area contributed by atoms with E-state index in [9.17, 15) is 4.79 Å². The van der Waals surface area contributed by atoms with Gasteiger partial charge in [0.25, 0.3) is 0 Å². The second-order valence-electron chi connectivity index (χ2n) is 8.77. The van der Waals surface area contributed by atoms with Gasteiger partial charge in [-0.15, -0.1) is 0 Å². The average molecular weight is 418 g/mol. The Balaban J connectivity index is 1.13. The molecule has 2 aromatic carbocycles. The fourth-order valence-electron chi connectivity index (χ4n) is 4.96. The van der Waals surface area contributed by atoms with Gasteiger partial charge in [-0.25, -0.2) is 4.98 Å². The molecule has 0 bridgehead atoms. The Kier molecular flexibility index (Phi) is 5.64. The fraction of sp³-hybridized carbons (Fsp3) is 0.440. The minimum absolute atomic E-state index is 0.167. The van der Waals surface area contributed by atoms with E-state index >= 15 is 0 Å². The first-order valence-electron chi connectivity index (χ1n) is 11.4. The van der Waals surface area contributed by atoms with Crippen molar-refractivity contribution in [2.75, 3.05) is 44.2 Å². The van der Waals surface area contributed by atoms with Crippen LogP contribution in [0, 0.1) is 5.92 Å². The highest BCUT2D eigenvalue weighted by Crippen LogP contribution is 2.24. The van der Waals surface area contributed by atoms with Crippen LogP contribution in [0.4, 0.5) is 5.69 Å². The molecule has 1 aromatic heterocycles. The van der Waals surface area contributed by atoms with Crippen LogP contribution in [0.1, 0.15) is 18.7 Å². The zero-order chi connectivity index (χ0) is 21.2. The number of rotatable bonds is 4. The smallest absolute Gasteiger partial charge is 0.225 e. The minimum atomic E-state index is 0.167. The number of hydrogen-bond donors (Lipinski definition) is 0. The van der Waals surface area contributed by atoms with Crippen LogP contribution in [0.2, 0.25) is 0 Å². The molecule has 2 aliphatic heterocycles. The van der Waals surface area contributed by atoms with E-state index in [0.717, 1.165) is 70.0 Å². The van der Waals surface area contributed by atoms with Gasteiger partial charge in [0.2, 0.25) is 5.91 Å². The number of piperazine rings is 1. The highest BCUT2D eigenvalue weighted by Gasteiger charge is 2.30. The lowest BCUT2D eigenvalue weighted by Crippen LogP contribution is -2.51. The number of piperidine rings is 1. The van der Waals surface area contributed by atoms with E-state index in [-0.39, 0.29) is 5.92 Å². The number of imidazole rings is 1. The number of aryl methyl sites for hydroxylation is 1. The zero-order valence-corrected chi connectivity index (χ0v) is 18.3. The number of likely N-dealkylation sites (tertiary alicyclic amines) is 1. The second kappa shape index (κ2) is 8.71. The van der Waals surface area contributed by atoms with Crippen LogP contribution in [-0.2, 0) is 18.4 Å². The summed E-state index contributed by atoms with van der Waals surface area (Å²) < 4.78 is 2.19. The molecule has 0 N–H and O–H groups in total. The number of nitrogens with zero attached hydrogens (tertiary/aromatic N) is 5. The number of anilines is 1. The van der Waals surface area contributed by atoms with Crippen LogP contribution in [-0.4, -0.2) is 64.5 Å².